The van der Waals surface area contributed by atoms with Gasteiger partial charge in [0.1, 0.15) is 23.0 Å². The van der Waals surface area contributed by atoms with E-state index < -0.39 is 5.60 Å². The Morgan fingerprint density at radius 1 is 0.955 bits per heavy atom. The smallest absolute Gasteiger partial charge is 0.410 e. The number of hydrogen-bond donors (Lipinski definition) is 0. The van der Waals surface area contributed by atoms with E-state index >= 15 is 0 Å². The lowest BCUT2D eigenvalue weighted by Crippen LogP contribution is -2.62. The van der Waals surface area contributed by atoms with Gasteiger partial charge in [0.05, 0.1) is 10.6 Å². The summed E-state index contributed by atoms with van der Waals surface area (Å²) in [6.45, 7) is 11.1. The van der Waals surface area contributed by atoms with Crippen LogP contribution in [0.2, 0.25) is 0 Å². The number of piperidine rings is 2. The monoisotopic (exact) mass is 671 g/mol. The van der Waals surface area contributed by atoms with E-state index in [9.17, 15) is 4.79 Å². The first-order chi connectivity index (χ1) is 20.6. The highest BCUT2D eigenvalue weighted by Gasteiger charge is 2.48. The number of carbonyl (C=O) groups excluding carboxylic acids is 1. The van der Waals surface area contributed by atoms with Gasteiger partial charge in [0.25, 0.3) is 0 Å². The van der Waals surface area contributed by atoms with Gasteiger partial charge < -0.3 is 28.9 Å². The van der Waals surface area contributed by atoms with Crippen LogP contribution in [0, 0.1) is 5.41 Å². The zero-order chi connectivity index (χ0) is 29.9. The van der Waals surface area contributed by atoms with Gasteiger partial charge in [-0.25, -0.2) is 4.79 Å². The zero-order valence-electron chi connectivity index (χ0n) is 26.2. The molecule has 3 saturated heterocycles. The maximum absolute atomic E-state index is 12.6. The molecule has 10 heteroatoms. The third-order valence-electron chi connectivity index (χ3n) is 9.99. The number of halogens is 1. The van der Waals surface area contributed by atoms with Gasteiger partial charge in [0.15, 0.2) is 5.75 Å². The summed E-state index contributed by atoms with van der Waals surface area (Å²) in [5.41, 5.74) is 1.86. The SMILES string of the molecule is C.CN1CCC(Oc2nc(N3CCC4(CC3)CN(C(=O)OC(C)(C)C)C4)c3cc(C4CC4)c(Br)c(OC4CCC4)c3n2)CC1. The standard InChI is InChI=1S/C33H46BrN5O4.CH4/c1-32(2,3)43-31(40)39-19-33(20-39)12-16-38(17-13-33)29-25-18-24(21-8-9-21)26(34)28(41-22-6-5-7-22)27(25)35-30(36-29)42-23-10-14-37(4)15-11-23;/h18,21-23H,5-17,19-20H2,1-4H3;1H4. The van der Waals surface area contributed by atoms with E-state index in [2.05, 4.69) is 38.8 Å². The average molecular weight is 673 g/mol. The number of anilines is 1. The van der Waals surface area contributed by atoms with E-state index in [-0.39, 0.29) is 31.1 Å². The van der Waals surface area contributed by atoms with Crippen LogP contribution in [0.15, 0.2) is 10.5 Å². The lowest BCUT2D eigenvalue weighted by Gasteiger charge is -2.53. The molecule has 1 amide bonds. The molecular weight excluding hydrogens is 622 g/mol. The van der Waals surface area contributed by atoms with Crippen molar-refractivity contribution >= 4 is 38.7 Å². The van der Waals surface area contributed by atoms with Crippen molar-refractivity contribution in [2.24, 2.45) is 5.41 Å². The molecule has 242 valence electrons. The van der Waals surface area contributed by atoms with E-state index in [4.69, 9.17) is 24.2 Å². The summed E-state index contributed by atoms with van der Waals surface area (Å²) in [6.07, 6.45) is 9.95. The quantitative estimate of drug-likeness (QED) is 0.320. The molecule has 2 saturated carbocycles. The highest BCUT2D eigenvalue weighted by Crippen LogP contribution is 2.51. The van der Waals surface area contributed by atoms with Gasteiger partial charge in [-0.05, 0) is 119 Å². The fourth-order valence-electron chi connectivity index (χ4n) is 6.93. The maximum atomic E-state index is 12.6. The molecule has 5 fully saturated rings. The fraction of sp³-hybridized carbons (Fsp3) is 0.735. The van der Waals surface area contributed by atoms with Crippen LogP contribution in [0.25, 0.3) is 10.9 Å². The predicted octanol–water partition coefficient (Wildman–Crippen LogP) is 7.15. The number of likely N-dealkylation sites (tertiary alicyclic amines) is 2. The van der Waals surface area contributed by atoms with Crippen molar-refractivity contribution in [3.63, 3.8) is 0 Å². The van der Waals surface area contributed by atoms with Crippen molar-refractivity contribution in [1.82, 2.24) is 19.8 Å². The minimum atomic E-state index is -0.472. The molecule has 3 aliphatic heterocycles. The average Bonchev–Trinajstić information content (AvgIpc) is 3.75. The first-order valence-electron chi connectivity index (χ1n) is 16.3. The molecule has 1 spiro atoms. The van der Waals surface area contributed by atoms with Crippen LogP contribution in [0.1, 0.15) is 97.5 Å². The van der Waals surface area contributed by atoms with Crippen molar-refractivity contribution in [2.45, 2.75) is 110 Å². The van der Waals surface area contributed by atoms with Crippen molar-refractivity contribution < 1.29 is 19.0 Å². The number of carbonyl (C=O) groups is 1. The zero-order valence-corrected chi connectivity index (χ0v) is 27.7. The summed E-state index contributed by atoms with van der Waals surface area (Å²) in [5, 5.41) is 1.06. The molecule has 0 bridgehead atoms. The summed E-state index contributed by atoms with van der Waals surface area (Å²) >= 11 is 3.95. The molecule has 2 aliphatic carbocycles. The second kappa shape index (κ2) is 12.1. The minimum Gasteiger partial charge on any atom is -0.487 e. The molecule has 1 aromatic heterocycles. The Morgan fingerprint density at radius 3 is 2.20 bits per heavy atom. The number of ether oxygens (including phenoxy) is 3. The van der Waals surface area contributed by atoms with E-state index in [1.54, 1.807) is 0 Å². The Kier molecular flexibility index (Phi) is 8.72. The predicted molar refractivity (Wildman–Crippen MR) is 177 cm³/mol. The Hall–Kier alpha value is -2.33. The van der Waals surface area contributed by atoms with E-state index in [1.165, 1.54) is 24.8 Å². The Bertz CT molecular complexity index is 1360. The third kappa shape index (κ3) is 6.48. The van der Waals surface area contributed by atoms with Gasteiger partial charge in [-0.1, -0.05) is 7.43 Å². The molecule has 9 nitrogen and oxygen atoms in total. The Morgan fingerprint density at radius 2 is 1.61 bits per heavy atom. The summed E-state index contributed by atoms with van der Waals surface area (Å²) in [4.78, 5) is 29.5. The van der Waals surface area contributed by atoms with Gasteiger partial charge in [0.2, 0.25) is 0 Å². The Balaban J connectivity index is 0.00000343. The highest BCUT2D eigenvalue weighted by molar-refractivity contribution is 9.10. The van der Waals surface area contributed by atoms with Crippen molar-refractivity contribution in [3.8, 4) is 11.8 Å². The molecule has 0 unspecified atom stereocenters. The summed E-state index contributed by atoms with van der Waals surface area (Å²) in [7, 11) is 2.16. The van der Waals surface area contributed by atoms with Crippen molar-refractivity contribution in [2.75, 3.05) is 51.2 Å². The largest absolute Gasteiger partial charge is 0.487 e. The fourth-order valence-corrected chi connectivity index (χ4v) is 7.64. The summed E-state index contributed by atoms with van der Waals surface area (Å²) in [5.74, 6) is 2.38. The van der Waals surface area contributed by atoms with E-state index in [0.29, 0.717) is 11.9 Å². The van der Waals surface area contributed by atoms with Gasteiger partial charge in [-0.15, -0.1) is 0 Å². The second-order valence-electron chi connectivity index (χ2n) is 14.7. The number of fused-ring (bicyclic) bond motifs is 1. The second-order valence-corrected chi connectivity index (χ2v) is 15.5. The van der Waals surface area contributed by atoms with Gasteiger partial charge in [-0.3, -0.25) is 0 Å². The Labute approximate surface area is 271 Å². The lowest BCUT2D eigenvalue weighted by atomic mass is 9.72. The van der Waals surface area contributed by atoms with E-state index in [0.717, 1.165) is 105 Å². The van der Waals surface area contributed by atoms with Crippen LogP contribution in [0.4, 0.5) is 10.6 Å². The maximum Gasteiger partial charge on any atom is 0.410 e. The number of hydrogen-bond acceptors (Lipinski definition) is 8. The molecular formula is C34H50BrN5O4. The third-order valence-corrected chi connectivity index (χ3v) is 10.8. The number of nitrogens with zero attached hydrogens (tertiary/aromatic N) is 5. The highest BCUT2D eigenvalue weighted by atomic mass is 79.9. The number of rotatable bonds is 6. The summed E-state index contributed by atoms with van der Waals surface area (Å²) < 4.78 is 19.9. The number of amides is 1. The van der Waals surface area contributed by atoms with Crippen LogP contribution in [0.3, 0.4) is 0 Å². The topological polar surface area (TPSA) is 80.3 Å². The number of aromatic nitrogens is 2. The normalized spacial score (nSPS) is 22.8. The van der Waals surface area contributed by atoms with Crippen LogP contribution >= 0.6 is 15.9 Å². The lowest BCUT2D eigenvalue weighted by molar-refractivity contribution is -0.0434. The molecule has 4 heterocycles. The van der Waals surface area contributed by atoms with Crippen LogP contribution < -0.4 is 14.4 Å². The summed E-state index contributed by atoms with van der Waals surface area (Å²) in [6, 6.07) is 2.78. The molecule has 0 radical (unpaired) electrons. The molecule has 1 aromatic carbocycles. The molecule has 7 rings (SSSR count). The van der Waals surface area contributed by atoms with Crippen LogP contribution in [-0.4, -0.2) is 90.0 Å². The molecule has 0 N–H and O–H groups in total. The first kappa shape index (κ1) is 31.6. The van der Waals surface area contributed by atoms with Gasteiger partial charge >= 0.3 is 12.1 Å². The van der Waals surface area contributed by atoms with Crippen molar-refractivity contribution in [1.29, 1.82) is 0 Å². The van der Waals surface area contributed by atoms with Crippen LogP contribution in [0.5, 0.6) is 11.8 Å². The van der Waals surface area contributed by atoms with Gasteiger partial charge in [-0.2, -0.15) is 9.97 Å². The van der Waals surface area contributed by atoms with E-state index in [1.807, 2.05) is 25.7 Å². The first-order valence-corrected chi connectivity index (χ1v) is 17.1. The number of benzene rings is 1. The molecule has 44 heavy (non-hydrogen) atoms. The molecule has 2 aromatic rings. The molecule has 5 aliphatic rings. The van der Waals surface area contributed by atoms with Crippen molar-refractivity contribution in [3.05, 3.63) is 16.1 Å². The van der Waals surface area contributed by atoms with Gasteiger partial charge in [0, 0.05) is 50.1 Å². The minimum absolute atomic E-state index is 0. The molecule has 0 atom stereocenters. The van der Waals surface area contributed by atoms with Crippen LogP contribution in [-0.2, 0) is 4.74 Å².